The average molecular weight is 457 g/mol. The molecule has 2 aromatic rings. The van der Waals surface area contributed by atoms with Crippen LogP contribution in [0.2, 0.25) is 0 Å². The second-order valence-corrected chi connectivity index (χ2v) is 8.50. The molecule has 0 aliphatic rings. The second-order valence-electron chi connectivity index (χ2n) is 8.50. The minimum absolute atomic E-state index is 0.282. The van der Waals surface area contributed by atoms with E-state index < -0.39 is 30.3 Å². The Balaban J connectivity index is 2.08. The van der Waals surface area contributed by atoms with Gasteiger partial charge in [0.25, 0.3) is 0 Å². The Bertz CT molecular complexity index is 983. The van der Waals surface area contributed by atoms with E-state index in [0.29, 0.717) is 23.4 Å². The summed E-state index contributed by atoms with van der Waals surface area (Å²) in [6.45, 7) is 8.23. The van der Waals surface area contributed by atoms with Gasteiger partial charge in [-0.25, -0.2) is 9.78 Å². The van der Waals surface area contributed by atoms with Gasteiger partial charge in [-0.3, -0.25) is 4.79 Å². The van der Waals surface area contributed by atoms with Crippen molar-refractivity contribution in [2.45, 2.75) is 52.7 Å². The Morgan fingerprint density at radius 3 is 2.45 bits per heavy atom. The number of aryl methyl sites for hydroxylation is 1. The van der Waals surface area contributed by atoms with Crippen LogP contribution in [0.25, 0.3) is 0 Å². The molecule has 0 bridgehead atoms. The number of rotatable bonds is 9. The third-order valence-corrected chi connectivity index (χ3v) is 4.49. The Hall–Kier alpha value is -3.46. The van der Waals surface area contributed by atoms with Crippen LogP contribution >= 0.6 is 0 Å². The van der Waals surface area contributed by atoms with Gasteiger partial charge in [-0.2, -0.15) is 0 Å². The third-order valence-electron chi connectivity index (χ3n) is 4.49. The highest BCUT2D eigenvalue weighted by molar-refractivity contribution is 6.04. The van der Waals surface area contributed by atoms with Gasteiger partial charge in [0.2, 0.25) is 0 Å². The Morgan fingerprint density at radius 2 is 1.85 bits per heavy atom. The number of aromatic nitrogens is 1. The van der Waals surface area contributed by atoms with E-state index in [1.807, 2.05) is 38.1 Å². The lowest BCUT2D eigenvalue weighted by atomic mass is 9.98. The fraction of sp³-hybridized carbons (Fsp3) is 0.417. The molecule has 0 radical (unpaired) electrons. The van der Waals surface area contributed by atoms with E-state index in [1.54, 1.807) is 26.8 Å². The van der Waals surface area contributed by atoms with Crippen molar-refractivity contribution in [2.24, 2.45) is 0 Å². The Labute approximate surface area is 194 Å². The maximum Gasteiger partial charge on any atom is 0.408 e. The van der Waals surface area contributed by atoms with E-state index in [0.717, 1.165) is 11.3 Å². The Morgan fingerprint density at radius 1 is 1.18 bits per heavy atom. The fourth-order valence-electron chi connectivity index (χ4n) is 2.89. The molecule has 0 spiro atoms. The molecule has 0 aliphatic heterocycles. The molecule has 0 aliphatic carbocycles. The van der Waals surface area contributed by atoms with Crippen LogP contribution in [0.5, 0.6) is 0 Å². The number of ether oxygens (including phenoxy) is 2. The second kappa shape index (κ2) is 11.4. The lowest BCUT2D eigenvalue weighted by molar-refractivity contribution is -0.145. The zero-order chi connectivity index (χ0) is 24.6. The van der Waals surface area contributed by atoms with Gasteiger partial charge in [0, 0.05) is 23.2 Å². The SMILES string of the molecule is CCC(=N)c1c(C(O)COC(=O)CNC(=O)OC(C)(C)C)ccnc1Nc1ccc(C)cc1. The summed E-state index contributed by atoms with van der Waals surface area (Å²) in [7, 11) is 0. The van der Waals surface area contributed by atoms with E-state index in [1.165, 1.54) is 6.20 Å². The van der Waals surface area contributed by atoms with Gasteiger partial charge in [0.1, 0.15) is 30.7 Å². The number of hydrogen-bond donors (Lipinski definition) is 4. The molecule has 1 aromatic carbocycles. The summed E-state index contributed by atoms with van der Waals surface area (Å²) in [5.74, 6) is -0.292. The standard InChI is InChI=1S/C24H32N4O5/c1-6-18(25)21-17(11-12-26-22(21)28-16-9-7-15(2)8-10-16)19(29)14-32-20(30)13-27-23(31)33-24(3,4)5/h7-12,19,25,29H,6,13-14H2,1-5H3,(H,26,28)(H,27,31). The number of nitrogens with zero attached hydrogens (tertiary/aromatic N) is 1. The number of carbonyl (C=O) groups excluding carboxylic acids is 2. The van der Waals surface area contributed by atoms with Crippen molar-refractivity contribution < 1.29 is 24.2 Å². The van der Waals surface area contributed by atoms with E-state index in [-0.39, 0.29) is 12.3 Å². The van der Waals surface area contributed by atoms with Crippen molar-refractivity contribution in [3.05, 3.63) is 53.2 Å². The highest BCUT2D eigenvalue weighted by Gasteiger charge is 2.22. The number of aliphatic hydroxyl groups excluding tert-OH is 1. The minimum Gasteiger partial charge on any atom is -0.461 e. The molecule has 33 heavy (non-hydrogen) atoms. The van der Waals surface area contributed by atoms with Crippen LogP contribution in [0.15, 0.2) is 36.5 Å². The van der Waals surface area contributed by atoms with Crippen molar-refractivity contribution in [3.8, 4) is 0 Å². The number of benzene rings is 1. The number of amides is 1. The van der Waals surface area contributed by atoms with E-state index >= 15 is 0 Å². The number of esters is 1. The number of carbonyl (C=O) groups is 2. The molecule has 0 saturated heterocycles. The summed E-state index contributed by atoms with van der Waals surface area (Å²) in [5, 5.41) is 24.6. The van der Waals surface area contributed by atoms with Crippen LogP contribution in [0.1, 0.15) is 56.9 Å². The van der Waals surface area contributed by atoms with Gasteiger partial charge in [0.05, 0.1) is 0 Å². The van der Waals surface area contributed by atoms with E-state index in [4.69, 9.17) is 14.9 Å². The first-order chi connectivity index (χ1) is 15.5. The number of anilines is 2. The van der Waals surface area contributed by atoms with Crippen molar-refractivity contribution in [1.29, 1.82) is 5.41 Å². The maximum atomic E-state index is 12.0. The van der Waals surface area contributed by atoms with Crippen LogP contribution in [0, 0.1) is 12.3 Å². The number of hydrogen-bond acceptors (Lipinski definition) is 8. The summed E-state index contributed by atoms with van der Waals surface area (Å²) in [6.07, 6.45) is 0.0274. The molecule has 9 heteroatoms. The molecule has 1 atom stereocenters. The first-order valence-electron chi connectivity index (χ1n) is 10.7. The van der Waals surface area contributed by atoms with Gasteiger partial charge in [-0.05, 0) is 57.9 Å². The van der Waals surface area contributed by atoms with E-state index in [2.05, 4.69) is 15.6 Å². The molecular weight excluding hydrogens is 424 g/mol. The fourth-order valence-corrected chi connectivity index (χ4v) is 2.89. The van der Waals surface area contributed by atoms with Crippen LogP contribution in [-0.2, 0) is 14.3 Å². The van der Waals surface area contributed by atoms with Crippen molar-refractivity contribution in [1.82, 2.24) is 10.3 Å². The number of aliphatic hydroxyl groups is 1. The summed E-state index contributed by atoms with van der Waals surface area (Å²) in [4.78, 5) is 28.0. The van der Waals surface area contributed by atoms with Crippen LogP contribution in [0.4, 0.5) is 16.3 Å². The van der Waals surface area contributed by atoms with Crippen LogP contribution in [-0.4, -0.2) is 46.6 Å². The molecule has 178 valence electrons. The summed E-state index contributed by atoms with van der Waals surface area (Å²) < 4.78 is 10.2. The van der Waals surface area contributed by atoms with E-state index in [9.17, 15) is 14.7 Å². The van der Waals surface area contributed by atoms with Crippen molar-refractivity contribution in [2.75, 3.05) is 18.5 Å². The van der Waals surface area contributed by atoms with Gasteiger partial charge in [-0.1, -0.05) is 24.6 Å². The lowest BCUT2D eigenvalue weighted by Gasteiger charge is -2.20. The summed E-state index contributed by atoms with van der Waals surface area (Å²) >= 11 is 0. The minimum atomic E-state index is -1.18. The van der Waals surface area contributed by atoms with Crippen molar-refractivity contribution >= 4 is 29.3 Å². The van der Waals surface area contributed by atoms with Crippen LogP contribution < -0.4 is 10.6 Å². The highest BCUT2D eigenvalue weighted by Crippen LogP contribution is 2.27. The summed E-state index contributed by atoms with van der Waals surface area (Å²) in [5.41, 5.74) is 2.38. The molecule has 1 unspecified atom stereocenters. The molecule has 0 saturated carbocycles. The highest BCUT2D eigenvalue weighted by atomic mass is 16.6. The van der Waals surface area contributed by atoms with Crippen LogP contribution in [0.3, 0.4) is 0 Å². The quantitative estimate of drug-likeness (QED) is 0.331. The van der Waals surface area contributed by atoms with Gasteiger partial charge in [0.15, 0.2) is 0 Å². The largest absolute Gasteiger partial charge is 0.461 e. The van der Waals surface area contributed by atoms with Gasteiger partial charge in [-0.15, -0.1) is 0 Å². The predicted octanol–water partition coefficient (Wildman–Crippen LogP) is 4.01. The first kappa shape index (κ1) is 25.8. The monoisotopic (exact) mass is 456 g/mol. The molecule has 0 fully saturated rings. The van der Waals surface area contributed by atoms with Gasteiger partial charge >= 0.3 is 12.1 Å². The average Bonchev–Trinajstić information content (AvgIpc) is 2.75. The lowest BCUT2D eigenvalue weighted by Crippen LogP contribution is -2.36. The topological polar surface area (TPSA) is 134 Å². The molecule has 2 rings (SSSR count). The molecular formula is C24H32N4O5. The zero-order valence-electron chi connectivity index (χ0n) is 19.7. The zero-order valence-corrected chi connectivity index (χ0v) is 19.7. The molecule has 1 aromatic heterocycles. The molecule has 4 N–H and O–H groups in total. The van der Waals surface area contributed by atoms with Crippen molar-refractivity contribution in [3.63, 3.8) is 0 Å². The number of pyridine rings is 1. The van der Waals surface area contributed by atoms with Gasteiger partial charge < -0.3 is 30.6 Å². The Kier molecular flexibility index (Phi) is 8.93. The molecule has 1 amide bonds. The summed E-state index contributed by atoms with van der Waals surface area (Å²) in [6, 6.07) is 9.31. The first-order valence-corrected chi connectivity index (χ1v) is 10.7. The number of alkyl carbamates (subject to hydrolysis) is 1. The number of nitrogens with one attached hydrogen (secondary N) is 3. The molecule has 9 nitrogen and oxygen atoms in total. The third kappa shape index (κ3) is 8.19. The maximum absolute atomic E-state index is 12.0. The molecule has 1 heterocycles. The normalized spacial score (nSPS) is 11.9. The smallest absolute Gasteiger partial charge is 0.408 e. The predicted molar refractivity (Wildman–Crippen MR) is 126 cm³/mol.